The van der Waals surface area contributed by atoms with Crippen molar-refractivity contribution in [3.05, 3.63) is 15.6 Å². The predicted molar refractivity (Wildman–Crippen MR) is 82.8 cm³/mol. The van der Waals surface area contributed by atoms with Gasteiger partial charge in [-0.2, -0.15) is 0 Å². The van der Waals surface area contributed by atoms with Crippen LogP contribution in [0.25, 0.3) is 0 Å². The first-order valence-electron chi connectivity index (χ1n) is 7.57. The minimum absolute atomic E-state index is 0.871. The van der Waals surface area contributed by atoms with E-state index in [1.807, 2.05) is 11.3 Å². The van der Waals surface area contributed by atoms with Crippen molar-refractivity contribution in [2.75, 3.05) is 26.2 Å². The summed E-state index contributed by atoms with van der Waals surface area (Å²) in [5.74, 6) is 0.871. The van der Waals surface area contributed by atoms with Crippen molar-refractivity contribution in [2.45, 2.75) is 46.6 Å². The Balaban J connectivity index is 1.82. The van der Waals surface area contributed by atoms with E-state index in [9.17, 15) is 0 Å². The zero-order valence-electron chi connectivity index (χ0n) is 12.5. The molecule has 4 heteroatoms. The van der Waals surface area contributed by atoms with Gasteiger partial charge in [-0.25, -0.2) is 4.98 Å². The molecule has 1 atom stereocenters. The molecule has 0 spiro atoms. The van der Waals surface area contributed by atoms with Gasteiger partial charge < -0.3 is 10.2 Å². The standard InChI is InChI=1S/C15H27N3S/c1-4-16-10-14-13(3)17-15(19-14)7-9-18-8-5-6-12(2)11-18/h12,16H,4-11H2,1-3H3. The fourth-order valence-electron chi connectivity index (χ4n) is 2.74. The number of piperidine rings is 1. The molecule has 1 aliphatic rings. The van der Waals surface area contributed by atoms with Gasteiger partial charge in [-0.15, -0.1) is 11.3 Å². The molecule has 0 bridgehead atoms. The highest BCUT2D eigenvalue weighted by molar-refractivity contribution is 7.11. The summed E-state index contributed by atoms with van der Waals surface area (Å²) in [6, 6.07) is 0. The summed E-state index contributed by atoms with van der Waals surface area (Å²) in [7, 11) is 0. The maximum absolute atomic E-state index is 4.72. The molecular weight excluding hydrogens is 254 g/mol. The lowest BCUT2D eigenvalue weighted by Crippen LogP contribution is -2.35. The highest BCUT2D eigenvalue weighted by atomic mass is 32.1. The zero-order chi connectivity index (χ0) is 13.7. The van der Waals surface area contributed by atoms with Crippen LogP contribution < -0.4 is 5.32 Å². The van der Waals surface area contributed by atoms with Gasteiger partial charge in [0.1, 0.15) is 0 Å². The SMILES string of the molecule is CCNCc1sc(CCN2CCCC(C)C2)nc1C. The third-order valence-corrected chi connectivity index (χ3v) is 5.07. The lowest BCUT2D eigenvalue weighted by atomic mass is 10.0. The maximum Gasteiger partial charge on any atom is 0.0944 e. The van der Waals surface area contributed by atoms with Gasteiger partial charge in [0.2, 0.25) is 0 Å². The summed E-state index contributed by atoms with van der Waals surface area (Å²) < 4.78 is 0. The number of aryl methyl sites for hydroxylation is 1. The lowest BCUT2D eigenvalue weighted by molar-refractivity contribution is 0.186. The topological polar surface area (TPSA) is 28.2 Å². The van der Waals surface area contributed by atoms with E-state index in [1.165, 1.54) is 48.1 Å². The Labute approximate surface area is 121 Å². The molecule has 1 aliphatic heterocycles. The molecule has 0 amide bonds. The maximum atomic E-state index is 4.72. The summed E-state index contributed by atoms with van der Waals surface area (Å²) in [4.78, 5) is 8.73. The number of likely N-dealkylation sites (tertiary alicyclic amines) is 1. The molecule has 1 N–H and O–H groups in total. The summed E-state index contributed by atoms with van der Waals surface area (Å²) >= 11 is 1.89. The normalized spacial score (nSPS) is 20.9. The molecule has 0 radical (unpaired) electrons. The van der Waals surface area contributed by atoms with Crippen LogP contribution in [-0.2, 0) is 13.0 Å². The van der Waals surface area contributed by atoms with E-state index >= 15 is 0 Å². The minimum atomic E-state index is 0.871. The first kappa shape index (κ1) is 14.9. The minimum Gasteiger partial charge on any atom is -0.312 e. The van der Waals surface area contributed by atoms with Crippen LogP contribution in [0.15, 0.2) is 0 Å². The Hall–Kier alpha value is -0.450. The van der Waals surface area contributed by atoms with Crippen molar-refractivity contribution >= 4 is 11.3 Å². The van der Waals surface area contributed by atoms with Crippen molar-refractivity contribution in [1.82, 2.24) is 15.2 Å². The van der Waals surface area contributed by atoms with Gasteiger partial charge in [0, 0.05) is 30.9 Å². The first-order chi connectivity index (χ1) is 9.19. The van der Waals surface area contributed by atoms with Crippen molar-refractivity contribution in [3.8, 4) is 0 Å². The molecule has 3 nitrogen and oxygen atoms in total. The molecule has 2 rings (SSSR count). The van der Waals surface area contributed by atoms with Crippen LogP contribution in [-0.4, -0.2) is 36.1 Å². The van der Waals surface area contributed by atoms with E-state index in [4.69, 9.17) is 4.98 Å². The summed E-state index contributed by atoms with van der Waals surface area (Å²) in [6.45, 7) is 12.4. The number of hydrogen-bond acceptors (Lipinski definition) is 4. The molecule has 1 aromatic heterocycles. The van der Waals surface area contributed by atoms with Crippen LogP contribution in [0.3, 0.4) is 0 Å². The van der Waals surface area contributed by atoms with Gasteiger partial charge >= 0.3 is 0 Å². The number of aromatic nitrogens is 1. The summed E-state index contributed by atoms with van der Waals surface area (Å²) in [5.41, 5.74) is 1.22. The van der Waals surface area contributed by atoms with Gasteiger partial charge in [-0.05, 0) is 38.8 Å². The quantitative estimate of drug-likeness (QED) is 0.869. The van der Waals surface area contributed by atoms with E-state index in [1.54, 1.807) is 0 Å². The van der Waals surface area contributed by atoms with Gasteiger partial charge in [-0.3, -0.25) is 0 Å². The van der Waals surface area contributed by atoms with Gasteiger partial charge in [0.05, 0.1) is 10.7 Å². The van der Waals surface area contributed by atoms with Crippen LogP contribution in [0, 0.1) is 12.8 Å². The van der Waals surface area contributed by atoms with Crippen LogP contribution in [0.2, 0.25) is 0 Å². The Morgan fingerprint density at radius 3 is 3.05 bits per heavy atom. The van der Waals surface area contributed by atoms with Crippen LogP contribution in [0.1, 0.15) is 42.3 Å². The van der Waals surface area contributed by atoms with Gasteiger partial charge in [-0.1, -0.05) is 13.8 Å². The van der Waals surface area contributed by atoms with E-state index in [2.05, 4.69) is 31.0 Å². The van der Waals surface area contributed by atoms with Crippen LogP contribution in [0.5, 0.6) is 0 Å². The molecule has 1 fully saturated rings. The molecule has 1 aromatic rings. The molecule has 2 heterocycles. The smallest absolute Gasteiger partial charge is 0.0944 e. The van der Waals surface area contributed by atoms with E-state index in [0.29, 0.717) is 0 Å². The number of thiazole rings is 1. The van der Waals surface area contributed by atoms with Gasteiger partial charge in [0.25, 0.3) is 0 Å². The molecular formula is C15H27N3S. The Kier molecular flexibility index (Phi) is 5.79. The highest BCUT2D eigenvalue weighted by Crippen LogP contribution is 2.20. The van der Waals surface area contributed by atoms with E-state index < -0.39 is 0 Å². The average molecular weight is 281 g/mol. The van der Waals surface area contributed by atoms with Crippen LogP contribution in [0.4, 0.5) is 0 Å². The Morgan fingerprint density at radius 2 is 2.32 bits per heavy atom. The van der Waals surface area contributed by atoms with Crippen molar-refractivity contribution < 1.29 is 0 Å². The Bertz CT molecular complexity index is 389. The second-order valence-corrected chi connectivity index (χ2v) is 6.86. The average Bonchev–Trinajstić information content (AvgIpc) is 2.75. The number of nitrogens with zero attached hydrogens (tertiary/aromatic N) is 2. The fraction of sp³-hybridized carbons (Fsp3) is 0.800. The van der Waals surface area contributed by atoms with Crippen molar-refractivity contribution in [2.24, 2.45) is 5.92 Å². The number of hydrogen-bond donors (Lipinski definition) is 1. The lowest BCUT2D eigenvalue weighted by Gasteiger charge is -2.30. The Morgan fingerprint density at radius 1 is 1.47 bits per heavy atom. The van der Waals surface area contributed by atoms with E-state index in [-0.39, 0.29) is 0 Å². The van der Waals surface area contributed by atoms with Crippen molar-refractivity contribution in [3.63, 3.8) is 0 Å². The van der Waals surface area contributed by atoms with Crippen molar-refractivity contribution in [1.29, 1.82) is 0 Å². The zero-order valence-corrected chi connectivity index (χ0v) is 13.4. The molecule has 0 aliphatic carbocycles. The summed E-state index contributed by atoms with van der Waals surface area (Å²) in [6.07, 6.45) is 3.88. The second kappa shape index (κ2) is 7.36. The van der Waals surface area contributed by atoms with Gasteiger partial charge in [0.15, 0.2) is 0 Å². The van der Waals surface area contributed by atoms with Crippen LogP contribution >= 0.6 is 11.3 Å². The highest BCUT2D eigenvalue weighted by Gasteiger charge is 2.16. The molecule has 0 aromatic carbocycles. The molecule has 1 unspecified atom stereocenters. The molecule has 108 valence electrons. The third-order valence-electron chi connectivity index (χ3n) is 3.86. The fourth-order valence-corrected chi connectivity index (χ4v) is 3.77. The molecule has 1 saturated heterocycles. The first-order valence-corrected chi connectivity index (χ1v) is 8.39. The third kappa shape index (κ3) is 4.55. The molecule has 19 heavy (non-hydrogen) atoms. The number of nitrogens with one attached hydrogen (secondary N) is 1. The predicted octanol–water partition coefficient (Wildman–Crippen LogP) is 2.84. The second-order valence-electron chi connectivity index (χ2n) is 5.69. The monoisotopic (exact) mass is 281 g/mol. The molecule has 0 saturated carbocycles. The number of rotatable bonds is 6. The largest absolute Gasteiger partial charge is 0.312 e. The summed E-state index contributed by atoms with van der Waals surface area (Å²) in [5, 5.41) is 4.70. The van der Waals surface area contributed by atoms with E-state index in [0.717, 1.165) is 25.4 Å².